The number of pyridine rings is 1. The summed E-state index contributed by atoms with van der Waals surface area (Å²) in [5.74, 6) is 2.45. The van der Waals surface area contributed by atoms with Gasteiger partial charge < -0.3 is 24.5 Å². The lowest BCUT2D eigenvalue weighted by Crippen LogP contribution is -2.50. The molecule has 44 heavy (non-hydrogen) atoms. The van der Waals surface area contributed by atoms with Gasteiger partial charge in [0, 0.05) is 49.1 Å². The van der Waals surface area contributed by atoms with E-state index >= 15 is 0 Å². The van der Waals surface area contributed by atoms with Gasteiger partial charge >= 0.3 is 0 Å². The number of benzene rings is 1. The number of ether oxygens (including phenoxy) is 1. The summed E-state index contributed by atoms with van der Waals surface area (Å²) in [4.78, 5) is 31.9. The van der Waals surface area contributed by atoms with Crippen molar-refractivity contribution in [2.75, 3.05) is 13.7 Å². The minimum absolute atomic E-state index is 0.00184. The van der Waals surface area contributed by atoms with Gasteiger partial charge in [0.1, 0.15) is 16.9 Å². The summed E-state index contributed by atoms with van der Waals surface area (Å²) >= 11 is 1.74. The van der Waals surface area contributed by atoms with Crippen molar-refractivity contribution in [1.29, 1.82) is 0 Å². The number of aromatic nitrogens is 5. The maximum absolute atomic E-state index is 13.7. The van der Waals surface area contributed by atoms with Crippen LogP contribution < -0.4 is 10.5 Å². The number of rotatable bonds is 7. The molecule has 10 heteroatoms. The number of nitrogens with zero attached hydrogens (tertiary/aromatic N) is 6. The molecule has 5 heterocycles. The summed E-state index contributed by atoms with van der Waals surface area (Å²) in [5.41, 5.74) is 12.4. The molecule has 1 saturated carbocycles. The van der Waals surface area contributed by atoms with E-state index in [2.05, 4.69) is 55.0 Å². The first kappa shape index (κ1) is 29.0. The van der Waals surface area contributed by atoms with Gasteiger partial charge in [0.25, 0.3) is 5.91 Å². The molecule has 0 bridgehead atoms. The molecular formula is C34H41N7O2S. The predicted octanol–water partition coefficient (Wildman–Crippen LogP) is 6.52. The van der Waals surface area contributed by atoms with Crippen molar-refractivity contribution in [2.24, 2.45) is 18.7 Å². The number of carbonyl (C=O) groups excluding carboxylic acids is 1. The van der Waals surface area contributed by atoms with E-state index in [0.717, 1.165) is 74.2 Å². The summed E-state index contributed by atoms with van der Waals surface area (Å²) in [6, 6.07) is 10.4. The Kier molecular flexibility index (Phi) is 7.24. The topological polar surface area (TPSA) is 104 Å². The van der Waals surface area contributed by atoms with E-state index in [1.54, 1.807) is 18.4 Å². The lowest BCUT2D eigenvalue weighted by atomic mass is 9.99. The van der Waals surface area contributed by atoms with E-state index in [1.807, 2.05) is 24.1 Å². The van der Waals surface area contributed by atoms with Gasteiger partial charge in [-0.25, -0.2) is 15.0 Å². The van der Waals surface area contributed by atoms with Crippen LogP contribution in [0.2, 0.25) is 0 Å². The number of likely N-dealkylation sites (tertiary alicyclic amines) is 1. The Hall–Kier alpha value is -3.76. The molecule has 2 atom stereocenters. The molecule has 230 valence electrons. The second-order valence-electron chi connectivity index (χ2n) is 13.0. The number of imidazole rings is 1. The quantitative estimate of drug-likeness (QED) is 0.225. The minimum atomic E-state index is -0.0291. The van der Waals surface area contributed by atoms with Crippen molar-refractivity contribution in [2.45, 2.75) is 77.9 Å². The number of carbonyl (C=O) groups is 1. The average Bonchev–Trinajstić information content (AvgIpc) is 3.51. The van der Waals surface area contributed by atoms with Crippen LogP contribution in [0.25, 0.3) is 44.2 Å². The number of amides is 1. The van der Waals surface area contributed by atoms with Crippen LogP contribution in [0.1, 0.15) is 73.4 Å². The smallest absolute Gasteiger partial charge is 0.254 e. The number of hydrogen-bond acceptors (Lipinski definition) is 7. The van der Waals surface area contributed by atoms with E-state index in [1.165, 1.54) is 12.8 Å². The fraction of sp³-hybridized carbons (Fsp3) is 0.471. The van der Waals surface area contributed by atoms with E-state index in [0.29, 0.717) is 29.7 Å². The number of aryl methyl sites for hydroxylation is 2. The number of fused-ring (bicyclic) bond motifs is 2. The Balaban J connectivity index is 1.34. The minimum Gasteiger partial charge on any atom is -0.494 e. The highest BCUT2D eigenvalue weighted by Gasteiger charge is 2.30. The number of methoxy groups -OCH3 is 1. The van der Waals surface area contributed by atoms with Crippen molar-refractivity contribution in [3.05, 3.63) is 46.6 Å². The first-order valence-electron chi connectivity index (χ1n) is 15.7. The zero-order valence-electron chi connectivity index (χ0n) is 26.4. The molecular weight excluding hydrogens is 570 g/mol. The molecule has 1 saturated heterocycles. The zero-order chi connectivity index (χ0) is 30.9. The summed E-state index contributed by atoms with van der Waals surface area (Å²) in [7, 11) is 3.67. The number of nitrogens with two attached hydrogens (primary N) is 1. The second-order valence-corrected chi connectivity index (χ2v) is 14.0. The van der Waals surface area contributed by atoms with E-state index in [4.69, 9.17) is 25.4 Å². The van der Waals surface area contributed by atoms with Crippen LogP contribution in [0, 0.1) is 12.8 Å². The monoisotopic (exact) mass is 611 g/mol. The van der Waals surface area contributed by atoms with Crippen molar-refractivity contribution in [3.63, 3.8) is 0 Å². The molecule has 2 N–H and O–H groups in total. The lowest BCUT2D eigenvalue weighted by molar-refractivity contribution is 0.0612. The van der Waals surface area contributed by atoms with E-state index in [-0.39, 0.29) is 18.0 Å². The normalized spacial score (nSPS) is 19.0. The van der Waals surface area contributed by atoms with Crippen LogP contribution in [0.4, 0.5) is 0 Å². The Morgan fingerprint density at radius 2 is 1.91 bits per heavy atom. The number of piperidine rings is 1. The molecule has 0 spiro atoms. The van der Waals surface area contributed by atoms with Crippen molar-refractivity contribution >= 4 is 39.3 Å². The Labute approximate surface area is 262 Å². The molecule has 2 aliphatic rings. The maximum Gasteiger partial charge on any atom is 0.254 e. The molecule has 1 aromatic carbocycles. The van der Waals surface area contributed by atoms with Gasteiger partial charge in [0.15, 0.2) is 5.82 Å². The van der Waals surface area contributed by atoms with Crippen LogP contribution in [0.15, 0.2) is 30.3 Å². The highest BCUT2D eigenvalue weighted by molar-refractivity contribution is 7.15. The Morgan fingerprint density at radius 1 is 1.11 bits per heavy atom. The second kappa shape index (κ2) is 11.0. The van der Waals surface area contributed by atoms with Crippen LogP contribution in [-0.4, -0.2) is 60.6 Å². The predicted molar refractivity (Wildman–Crippen MR) is 176 cm³/mol. The van der Waals surface area contributed by atoms with Gasteiger partial charge in [-0.1, -0.05) is 13.8 Å². The van der Waals surface area contributed by atoms with E-state index < -0.39 is 0 Å². The lowest BCUT2D eigenvalue weighted by Gasteiger charge is -2.36. The third-order valence-electron chi connectivity index (χ3n) is 9.23. The van der Waals surface area contributed by atoms with Gasteiger partial charge in [0.2, 0.25) is 0 Å². The first-order valence-corrected chi connectivity index (χ1v) is 16.5. The van der Waals surface area contributed by atoms with Gasteiger partial charge in [0.05, 0.1) is 39.6 Å². The van der Waals surface area contributed by atoms with Crippen LogP contribution in [0.5, 0.6) is 5.75 Å². The van der Waals surface area contributed by atoms with Gasteiger partial charge in [-0.15, -0.1) is 11.3 Å². The van der Waals surface area contributed by atoms with Gasteiger partial charge in [-0.05, 0) is 75.8 Å². The van der Waals surface area contributed by atoms with Gasteiger partial charge in [-0.2, -0.15) is 0 Å². The molecule has 5 aromatic rings. The summed E-state index contributed by atoms with van der Waals surface area (Å²) in [5, 5.41) is 2.22. The largest absolute Gasteiger partial charge is 0.494 e. The van der Waals surface area contributed by atoms with Crippen LogP contribution in [-0.2, 0) is 13.6 Å². The zero-order valence-corrected chi connectivity index (χ0v) is 27.2. The maximum atomic E-state index is 13.7. The van der Waals surface area contributed by atoms with E-state index in [9.17, 15) is 4.79 Å². The Morgan fingerprint density at radius 3 is 2.61 bits per heavy atom. The SMILES string of the molecule is COc1cc(C(=O)N2C[C@H](N)CC[C@@H]2C)cc2nc(-c3cc4ccc(-c5sc(C(C)C)nc5C)nc4n3CC3CC3)n(C)c12. The third kappa shape index (κ3) is 4.98. The third-order valence-corrected chi connectivity index (χ3v) is 10.7. The first-order chi connectivity index (χ1) is 21.1. The fourth-order valence-corrected chi connectivity index (χ4v) is 7.53. The molecule has 0 unspecified atom stereocenters. The molecule has 9 nitrogen and oxygen atoms in total. The molecule has 7 rings (SSSR count). The highest BCUT2D eigenvalue weighted by atomic mass is 32.1. The average molecular weight is 612 g/mol. The summed E-state index contributed by atoms with van der Waals surface area (Å²) in [6.07, 6.45) is 4.30. The number of hydrogen-bond donors (Lipinski definition) is 1. The van der Waals surface area contributed by atoms with Crippen molar-refractivity contribution in [3.8, 4) is 27.8 Å². The van der Waals surface area contributed by atoms with Crippen LogP contribution >= 0.6 is 11.3 Å². The fourth-order valence-electron chi connectivity index (χ4n) is 6.49. The number of thiazole rings is 1. The van der Waals surface area contributed by atoms with Crippen molar-refractivity contribution in [1.82, 2.24) is 29.0 Å². The molecule has 4 aromatic heterocycles. The molecule has 1 aliphatic heterocycles. The summed E-state index contributed by atoms with van der Waals surface area (Å²) in [6.45, 7) is 9.98. The summed E-state index contributed by atoms with van der Waals surface area (Å²) < 4.78 is 10.3. The molecule has 1 aliphatic carbocycles. The highest BCUT2D eigenvalue weighted by Crippen LogP contribution is 2.39. The standard InChI is InChI=1S/C34H41N7O2S/c1-18(2)33-36-20(4)30(44-33)25-12-10-22-14-27(41(31(22)37-25)16-21-8-9-21)32-38-26-13-23(15-28(43-6)29(26)39(32)5)34(42)40-17-24(35)11-7-19(40)3/h10,12-15,18-19,21,24H,7-9,11,16-17,35H2,1-6H3/t19-,24+/m0/s1. The van der Waals surface area contributed by atoms with Gasteiger partial charge in [-0.3, -0.25) is 4.79 Å². The molecule has 1 amide bonds. The Bertz CT molecular complexity index is 1900. The molecule has 2 fully saturated rings. The molecule has 0 radical (unpaired) electrons. The van der Waals surface area contributed by atoms with Crippen LogP contribution in [0.3, 0.4) is 0 Å². The van der Waals surface area contributed by atoms with Crippen molar-refractivity contribution < 1.29 is 9.53 Å².